The number of halogens is 1. The average Bonchev–Trinajstić information content (AvgIpc) is 3.28. The summed E-state index contributed by atoms with van der Waals surface area (Å²) in [6, 6.07) is 13.7. The first-order chi connectivity index (χ1) is 15.4. The number of aromatic nitrogens is 1. The third-order valence-corrected chi connectivity index (χ3v) is 6.44. The molecule has 0 aliphatic carbocycles. The van der Waals surface area contributed by atoms with Crippen LogP contribution in [0.1, 0.15) is 25.0 Å². The highest BCUT2D eigenvalue weighted by Gasteiger charge is 2.37. The van der Waals surface area contributed by atoms with Crippen LogP contribution in [-0.4, -0.2) is 23.5 Å². The molecule has 2 heterocycles. The van der Waals surface area contributed by atoms with Crippen molar-refractivity contribution in [2.45, 2.75) is 19.4 Å². The fourth-order valence-corrected chi connectivity index (χ4v) is 4.56. The summed E-state index contributed by atoms with van der Waals surface area (Å²) in [5, 5.41) is 10.9. The number of rotatable bonds is 4. The van der Waals surface area contributed by atoms with Crippen LogP contribution in [-0.2, 0) is 0 Å². The van der Waals surface area contributed by atoms with Gasteiger partial charge in [-0.3, -0.25) is 4.90 Å². The maximum absolute atomic E-state index is 6.18. The van der Waals surface area contributed by atoms with E-state index >= 15 is 0 Å². The molecule has 0 spiro atoms. The van der Waals surface area contributed by atoms with Crippen LogP contribution >= 0.6 is 22.9 Å². The van der Waals surface area contributed by atoms with Gasteiger partial charge in [-0.25, -0.2) is 4.98 Å². The molecule has 0 saturated heterocycles. The first-order valence-electron chi connectivity index (χ1n) is 9.95. The summed E-state index contributed by atoms with van der Waals surface area (Å²) >= 11 is 7.70. The number of nitrogens with one attached hydrogen (secondary N) is 1. The van der Waals surface area contributed by atoms with Gasteiger partial charge < -0.3 is 15.9 Å². The summed E-state index contributed by atoms with van der Waals surface area (Å²) in [5.41, 5.74) is 3.91. The number of hydrogen-bond acceptors (Lipinski definition) is 6. The van der Waals surface area contributed by atoms with Gasteiger partial charge in [-0.2, -0.15) is 5.10 Å². The Labute approximate surface area is 196 Å². The van der Waals surface area contributed by atoms with E-state index < -0.39 is 5.54 Å². The standard InChI is InChI=1S/C24H24ClN5OS/c1-15-24(3,28-23-27-11-12-32-23)14-21(17-5-7-18(25)8-6-17)20-13-19(31-4)9-10-22(20)30(15)16(2)29-26/h5-14H,1,26H2,2-4H3,(H,27,28)/b29-16-. The van der Waals surface area contributed by atoms with Gasteiger partial charge in [0, 0.05) is 27.9 Å². The zero-order valence-electron chi connectivity index (χ0n) is 18.1. The van der Waals surface area contributed by atoms with Crippen molar-refractivity contribution in [1.29, 1.82) is 0 Å². The van der Waals surface area contributed by atoms with Crippen molar-refractivity contribution in [3.05, 3.63) is 88.5 Å². The molecule has 3 aromatic rings. The minimum absolute atomic E-state index is 0.610. The maximum Gasteiger partial charge on any atom is 0.183 e. The molecule has 1 unspecified atom stereocenters. The summed E-state index contributed by atoms with van der Waals surface area (Å²) in [6.07, 6.45) is 3.92. The highest BCUT2D eigenvalue weighted by Crippen LogP contribution is 2.44. The predicted molar refractivity (Wildman–Crippen MR) is 135 cm³/mol. The Kier molecular flexibility index (Phi) is 5.95. The SMILES string of the molecule is C=C1N(/C(C)=N\N)c2ccc(OC)cc2C(c2ccc(Cl)cc2)=CC1(C)Nc1nccs1. The zero-order valence-corrected chi connectivity index (χ0v) is 19.7. The molecule has 0 radical (unpaired) electrons. The molecule has 6 nitrogen and oxygen atoms in total. The van der Waals surface area contributed by atoms with Crippen molar-refractivity contribution < 1.29 is 4.74 Å². The Morgan fingerprint density at radius 1 is 1.28 bits per heavy atom. The van der Waals surface area contributed by atoms with Crippen LogP contribution in [0.15, 0.2) is 77.5 Å². The second-order valence-corrected chi connectivity index (χ2v) is 8.90. The lowest BCUT2D eigenvalue weighted by atomic mass is 9.90. The van der Waals surface area contributed by atoms with Gasteiger partial charge in [-0.15, -0.1) is 11.3 Å². The molecule has 4 rings (SSSR count). The Hall–Kier alpha value is -3.29. The number of methoxy groups -OCH3 is 1. The maximum atomic E-state index is 6.18. The number of fused-ring (bicyclic) bond motifs is 1. The van der Waals surface area contributed by atoms with Crippen LogP contribution in [0.5, 0.6) is 5.75 Å². The summed E-state index contributed by atoms with van der Waals surface area (Å²) in [6.45, 7) is 8.37. The van der Waals surface area contributed by atoms with Gasteiger partial charge in [0.05, 0.1) is 18.3 Å². The van der Waals surface area contributed by atoms with Crippen LogP contribution in [0.3, 0.4) is 0 Å². The fraction of sp³-hybridized carbons (Fsp3) is 0.167. The lowest BCUT2D eigenvalue weighted by molar-refractivity contribution is 0.414. The molecule has 0 saturated carbocycles. The summed E-state index contributed by atoms with van der Waals surface area (Å²) in [7, 11) is 1.65. The molecule has 164 valence electrons. The van der Waals surface area contributed by atoms with E-state index in [9.17, 15) is 0 Å². The molecular formula is C24H24ClN5OS. The molecule has 3 N–H and O–H groups in total. The number of thiazole rings is 1. The summed E-state index contributed by atoms with van der Waals surface area (Å²) < 4.78 is 5.54. The van der Waals surface area contributed by atoms with Gasteiger partial charge in [0.2, 0.25) is 0 Å². The van der Waals surface area contributed by atoms with Gasteiger partial charge in [0.15, 0.2) is 5.13 Å². The normalized spacial score (nSPS) is 18.6. The van der Waals surface area contributed by atoms with E-state index in [4.69, 9.17) is 22.2 Å². The third-order valence-electron chi connectivity index (χ3n) is 5.50. The molecule has 1 aliphatic heterocycles. The predicted octanol–water partition coefficient (Wildman–Crippen LogP) is 5.73. The van der Waals surface area contributed by atoms with Crippen molar-refractivity contribution in [1.82, 2.24) is 4.98 Å². The molecule has 0 bridgehead atoms. The highest BCUT2D eigenvalue weighted by molar-refractivity contribution is 7.13. The molecule has 1 aromatic heterocycles. The van der Waals surface area contributed by atoms with E-state index in [1.807, 2.05) is 59.7 Å². The van der Waals surface area contributed by atoms with Crippen LogP contribution in [0.25, 0.3) is 5.57 Å². The molecule has 2 aromatic carbocycles. The van der Waals surface area contributed by atoms with Gasteiger partial charge in [-0.1, -0.05) is 30.3 Å². The second kappa shape index (κ2) is 8.68. The molecule has 0 fully saturated rings. The Balaban J connectivity index is 2.02. The first kappa shape index (κ1) is 21.9. The number of anilines is 2. The Morgan fingerprint density at radius 3 is 2.66 bits per heavy atom. The lowest BCUT2D eigenvalue weighted by Crippen LogP contribution is -2.44. The molecule has 0 amide bonds. The summed E-state index contributed by atoms with van der Waals surface area (Å²) in [4.78, 5) is 6.39. The van der Waals surface area contributed by atoms with Crippen molar-refractivity contribution in [2.75, 3.05) is 17.3 Å². The van der Waals surface area contributed by atoms with Crippen LogP contribution in [0, 0.1) is 0 Å². The Morgan fingerprint density at radius 2 is 2.03 bits per heavy atom. The minimum Gasteiger partial charge on any atom is -0.497 e. The number of hydrogen-bond donors (Lipinski definition) is 2. The Bertz CT molecular complexity index is 1200. The monoisotopic (exact) mass is 465 g/mol. The summed E-state index contributed by atoms with van der Waals surface area (Å²) in [5.74, 6) is 7.09. The second-order valence-electron chi connectivity index (χ2n) is 7.57. The average molecular weight is 466 g/mol. The highest BCUT2D eigenvalue weighted by atomic mass is 35.5. The zero-order chi connectivity index (χ0) is 22.9. The van der Waals surface area contributed by atoms with Crippen molar-refractivity contribution in [3.8, 4) is 5.75 Å². The van der Waals surface area contributed by atoms with Crippen molar-refractivity contribution >= 4 is 45.2 Å². The van der Waals surface area contributed by atoms with Crippen LogP contribution in [0.2, 0.25) is 5.02 Å². The largest absolute Gasteiger partial charge is 0.497 e. The van der Waals surface area contributed by atoms with Crippen molar-refractivity contribution in [3.63, 3.8) is 0 Å². The topological polar surface area (TPSA) is 75.8 Å². The van der Waals surface area contributed by atoms with Crippen molar-refractivity contribution in [2.24, 2.45) is 10.9 Å². The number of nitrogens with two attached hydrogens (primary N) is 1. The van der Waals surface area contributed by atoms with E-state index in [2.05, 4.69) is 35.0 Å². The van der Waals surface area contributed by atoms with Gasteiger partial charge >= 0.3 is 0 Å². The number of nitrogens with zero attached hydrogens (tertiary/aromatic N) is 3. The number of hydrazone groups is 1. The number of ether oxygens (including phenoxy) is 1. The van der Waals surface area contributed by atoms with E-state index in [1.54, 1.807) is 13.3 Å². The molecular weight excluding hydrogens is 442 g/mol. The number of amidine groups is 1. The molecule has 1 atom stereocenters. The number of benzene rings is 2. The van der Waals surface area contributed by atoms with Gasteiger partial charge in [0.1, 0.15) is 11.6 Å². The van der Waals surface area contributed by atoms with E-state index in [0.717, 1.165) is 39.0 Å². The molecule has 1 aliphatic rings. The quantitative estimate of drug-likeness (QED) is 0.222. The fourth-order valence-electron chi connectivity index (χ4n) is 3.79. The third kappa shape index (κ3) is 3.97. The molecule has 8 heteroatoms. The van der Waals surface area contributed by atoms with E-state index in [-0.39, 0.29) is 0 Å². The van der Waals surface area contributed by atoms with Crippen LogP contribution < -0.4 is 20.8 Å². The smallest absolute Gasteiger partial charge is 0.183 e. The minimum atomic E-state index is -0.703. The molecule has 32 heavy (non-hydrogen) atoms. The first-order valence-corrected chi connectivity index (χ1v) is 11.2. The van der Waals surface area contributed by atoms with E-state index in [1.165, 1.54) is 11.3 Å². The van der Waals surface area contributed by atoms with E-state index in [0.29, 0.717) is 10.9 Å². The van der Waals surface area contributed by atoms with Crippen LogP contribution in [0.4, 0.5) is 10.8 Å². The lowest BCUT2D eigenvalue weighted by Gasteiger charge is -2.36. The van der Waals surface area contributed by atoms with Gasteiger partial charge in [0.25, 0.3) is 0 Å². The van der Waals surface area contributed by atoms with Gasteiger partial charge in [-0.05, 0) is 61.4 Å².